The molecule has 0 radical (unpaired) electrons. The number of ether oxygens (including phenoxy) is 1. The maximum Gasteiger partial charge on any atom is 0.241 e. The third kappa shape index (κ3) is 4.59. The highest BCUT2D eigenvalue weighted by atomic mass is 16.5. The number of benzene rings is 1. The second kappa shape index (κ2) is 8.78. The SMILES string of the molecule is CN=C(NCC(=O)N1CCCC1)NC1CCN(c2cccc(OC)c2)C1. The van der Waals surface area contributed by atoms with Gasteiger partial charge in [0.2, 0.25) is 5.91 Å². The second-order valence-electron chi connectivity index (χ2n) is 6.79. The highest BCUT2D eigenvalue weighted by Crippen LogP contribution is 2.24. The molecule has 1 amide bonds. The van der Waals surface area contributed by atoms with Crippen molar-refractivity contribution in [3.63, 3.8) is 0 Å². The normalized spacial score (nSPS) is 20.4. The molecule has 0 aliphatic carbocycles. The van der Waals surface area contributed by atoms with E-state index in [0.29, 0.717) is 18.5 Å². The number of likely N-dealkylation sites (tertiary alicyclic amines) is 1. The van der Waals surface area contributed by atoms with Gasteiger partial charge < -0.3 is 25.2 Å². The van der Waals surface area contributed by atoms with E-state index < -0.39 is 0 Å². The summed E-state index contributed by atoms with van der Waals surface area (Å²) in [7, 11) is 3.43. The van der Waals surface area contributed by atoms with Crippen molar-refractivity contribution >= 4 is 17.6 Å². The van der Waals surface area contributed by atoms with Crippen LogP contribution in [0.5, 0.6) is 5.75 Å². The molecule has 0 saturated carbocycles. The number of anilines is 1. The predicted molar refractivity (Wildman–Crippen MR) is 104 cm³/mol. The van der Waals surface area contributed by atoms with Crippen LogP contribution in [-0.2, 0) is 4.79 Å². The zero-order chi connectivity index (χ0) is 18.4. The fourth-order valence-corrected chi connectivity index (χ4v) is 3.55. The molecule has 2 heterocycles. The van der Waals surface area contributed by atoms with Gasteiger partial charge in [-0.1, -0.05) is 6.07 Å². The Morgan fingerprint density at radius 2 is 2.12 bits per heavy atom. The molecule has 3 rings (SSSR count). The Balaban J connectivity index is 1.47. The molecule has 1 atom stereocenters. The van der Waals surface area contributed by atoms with Crippen molar-refractivity contribution in [1.82, 2.24) is 15.5 Å². The van der Waals surface area contributed by atoms with Crippen LogP contribution >= 0.6 is 0 Å². The summed E-state index contributed by atoms with van der Waals surface area (Å²) in [6.45, 7) is 3.93. The summed E-state index contributed by atoms with van der Waals surface area (Å²) in [5.41, 5.74) is 1.17. The number of guanidine groups is 1. The lowest BCUT2D eigenvalue weighted by molar-refractivity contribution is -0.128. The van der Waals surface area contributed by atoms with Crippen LogP contribution in [0.15, 0.2) is 29.3 Å². The summed E-state index contributed by atoms with van der Waals surface area (Å²) in [5.74, 6) is 1.71. The molecule has 2 saturated heterocycles. The standard InChI is InChI=1S/C19H29N5O2/c1-20-19(21-13-18(25)23-9-3-4-10-23)22-15-8-11-24(14-15)16-6-5-7-17(12-16)26-2/h5-7,12,15H,3-4,8-11,13-14H2,1-2H3,(H2,20,21,22). The summed E-state index contributed by atoms with van der Waals surface area (Å²) in [5, 5.41) is 6.59. The predicted octanol–water partition coefficient (Wildman–Crippen LogP) is 1.06. The molecular weight excluding hydrogens is 330 g/mol. The van der Waals surface area contributed by atoms with E-state index in [1.165, 1.54) is 5.69 Å². The van der Waals surface area contributed by atoms with E-state index in [-0.39, 0.29) is 5.91 Å². The van der Waals surface area contributed by atoms with Crippen LogP contribution in [0.2, 0.25) is 0 Å². The molecule has 2 aliphatic heterocycles. The average Bonchev–Trinajstić information content (AvgIpc) is 3.37. The average molecular weight is 359 g/mol. The molecule has 2 N–H and O–H groups in total. The van der Waals surface area contributed by atoms with Crippen LogP contribution in [0.1, 0.15) is 19.3 Å². The van der Waals surface area contributed by atoms with Gasteiger partial charge in [-0.15, -0.1) is 0 Å². The Kier molecular flexibility index (Phi) is 6.20. The first-order chi connectivity index (χ1) is 12.7. The molecule has 0 spiro atoms. The molecule has 1 unspecified atom stereocenters. The Morgan fingerprint density at radius 1 is 1.31 bits per heavy atom. The van der Waals surface area contributed by atoms with Gasteiger partial charge in [-0.05, 0) is 31.4 Å². The fourth-order valence-electron chi connectivity index (χ4n) is 3.55. The number of hydrogen-bond acceptors (Lipinski definition) is 4. The summed E-state index contributed by atoms with van der Waals surface area (Å²) in [6.07, 6.45) is 3.25. The number of nitrogens with one attached hydrogen (secondary N) is 2. The maximum atomic E-state index is 12.2. The lowest BCUT2D eigenvalue weighted by Crippen LogP contribution is -2.48. The smallest absolute Gasteiger partial charge is 0.241 e. The molecule has 1 aromatic rings. The van der Waals surface area contributed by atoms with Gasteiger partial charge in [0.1, 0.15) is 5.75 Å². The summed E-state index contributed by atoms with van der Waals surface area (Å²) in [4.78, 5) is 20.7. The Labute approximate surface area is 155 Å². The molecular formula is C19H29N5O2. The summed E-state index contributed by atoms with van der Waals surface area (Å²) >= 11 is 0. The lowest BCUT2D eigenvalue weighted by atomic mass is 10.2. The van der Waals surface area contributed by atoms with Crippen LogP contribution in [0, 0.1) is 0 Å². The number of amides is 1. The summed E-state index contributed by atoms with van der Waals surface area (Å²) in [6, 6.07) is 8.43. The van der Waals surface area contributed by atoms with E-state index in [1.807, 2.05) is 17.0 Å². The number of nitrogens with zero attached hydrogens (tertiary/aromatic N) is 3. The van der Waals surface area contributed by atoms with Crippen molar-refractivity contribution < 1.29 is 9.53 Å². The first-order valence-corrected chi connectivity index (χ1v) is 9.33. The first kappa shape index (κ1) is 18.4. The Hall–Kier alpha value is -2.44. The zero-order valence-corrected chi connectivity index (χ0v) is 15.7. The van der Waals surface area contributed by atoms with Gasteiger partial charge >= 0.3 is 0 Å². The monoisotopic (exact) mass is 359 g/mol. The molecule has 26 heavy (non-hydrogen) atoms. The number of aliphatic imine (C=N–C) groups is 1. The Morgan fingerprint density at radius 3 is 2.85 bits per heavy atom. The lowest BCUT2D eigenvalue weighted by Gasteiger charge is -2.21. The number of carbonyl (C=O) groups is 1. The maximum absolute atomic E-state index is 12.2. The number of hydrogen-bond donors (Lipinski definition) is 2. The second-order valence-corrected chi connectivity index (χ2v) is 6.79. The van der Waals surface area contributed by atoms with Gasteiger partial charge in [-0.2, -0.15) is 0 Å². The summed E-state index contributed by atoms with van der Waals surface area (Å²) < 4.78 is 5.31. The molecule has 7 heteroatoms. The van der Waals surface area contributed by atoms with Gasteiger partial charge in [-0.25, -0.2) is 0 Å². The van der Waals surface area contributed by atoms with E-state index >= 15 is 0 Å². The molecule has 0 aromatic heterocycles. The number of methoxy groups -OCH3 is 1. The number of rotatable bonds is 5. The molecule has 7 nitrogen and oxygen atoms in total. The van der Waals surface area contributed by atoms with Crippen LogP contribution in [-0.4, -0.2) is 69.7 Å². The minimum Gasteiger partial charge on any atom is -0.497 e. The highest BCUT2D eigenvalue weighted by molar-refractivity contribution is 5.86. The molecule has 0 bridgehead atoms. The van der Waals surface area contributed by atoms with Crippen molar-refractivity contribution in [1.29, 1.82) is 0 Å². The van der Waals surface area contributed by atoms with E-state index in [0.717, 1.165) is 51.2 Å². The largest absolute Gasteiger partial charge is 0.497 e. The molecule has 142 valence electrons. The van der Waals surface area contributed by atoms with Crippen LogP contribution in [0.3, 0.4) is 0 Å². The molecule has 1 aromatic carbocycles. The zero-order valence-electron chi connectivity index (χ0n) is 15.7. The van der Waals surface area contributed by atoms with Crippen LogP contribution < -0.4 is 20.3 Å². The molecule has 2 aliphatic rings. The minimum absolute atomic E-state index is 0.148. The third-order valence-corrected chi connectivity index (χ3v) is 5.04. The van der Waals surface area contributed by atoms with Crippen molar-refractivity contribution in [2.45, 2.75) is 25.3 Å². The van der Waals surface area contributed by atoms with E-state index in [1.54, 1.807) is 14.2 Å². The van der Waals surface area contributed by atoms with Gasteiger partial charge in [-0.3, -0.25) is 9.79 Å². The van der Waals surface area contributed by atoms with Crippen LogP contribution in [0.25, 0.3) is 0 Å². The quantitative estimate of drug-likeness (QED) is 0.608. The van der Waals surface area contributed by atoms with Crippen molar-refractivity contribution in [3.8, 4) is 5.75 Å². The van der Waals surface area contributed by atoms with Crippen molar-refractivity contribution in [3.05, 3.63) is 24.3 Å². The van der Waals surface area contributed by atoms with Crippen molar-refractivity contribution in [2.24, 2.45) is 4.99 Å². The van der Waals surface area contributed by atoms with Crippen LogP contribution in [0.4, 0.5) is 5.69 Å². The van der Waals surface area contributed by atoms with Gasteiger partial charge in [0, 0.05) is 51.0 Å². The third-order valence-electron chi connectivity index (χ3n) is 5.04. The van der Waals surface area contributed by atoms with Gasteiger partial charge in [0.05, 0.1) is 13.7 Å². The first-order valence-electron chi connectivity index (χ1n) is 9.33. The van der Waals surface area contributed by atoms with E-state index in [4.69, 9.17) is 4.74 Å². The number of carbonyl (C=O) groups excluding carboxylic acids is 1. The topological polar surface area (TPSA) is 69.2 Å². The van der Waals surface area contributed by atoms with Crippen molar-refractivity contribution in [2.75, 3.05) is 51.8 Å². The van der Waals surface area contributed by atoms with Gasteiger partial charge in [0.25, 0.3) is 0 Å². The molecule has 2 fully saturated rings. The van der Waals surface area contributed by atoms with E-state index in [2.05, 4.69) is 32.7 Å². The fraction of sp³-hybridized carbons (Fsp3) is 0.579. The highest BCUT2D eigenvalue weighted by Gasteiger charge is 2.24. The van der Waals surface area contributed by atoms with Gasteiger partial charge in [0.15, 0.2) is 5.96 Å². The minimum atomic E-state index is 0.148. The Bertz CT molecular complexity index is 643. The van der Waals surface area contributed by atoms with E-state index in [9.17, 15) is 4.79 Å².